The zero-order valence-corrected chi connectivity index (χ0v) is 10.00. The third kappa shape index (κ3) is 1.79. The Morgan fingerprint density at radius 1 is 1.16 bits per heavy atom. The Balaban J connectivity index is 2.25. The van der Waals surface area contributed by atoms with E-state index in [2.05, 4.69) is 0 Å². The first-order valence-corrected chi connectivity index (χ1v) is 5.88. The van der Waals surface area contributed by atoms with E-state index < -0.39 is 12.1 Å². The maximum Gasteiger partial charge on any atom is 0.414 e. The van der Waals surface area contributed by atoms with Gasteiger partial charge in [-0.25, -0.2) is 9.59 Å². The first kappa shape index (κ1) is 11.5. The molecule has 0 atom stereocenters. The van der Waals surface area contributed by atoms with Crippen molar-refractivity contribution >= 4 is 28.5 Å². The first-order chi connectivity index (χ1) is 9.18. The molecule has 1 aliphatic rings. The van der Waals surface area contributed by atoms with Crippen molar-refractivity contribution in [2.24, 2.45) is 0 Å². The van der Waals surface area contributed by atoms with Crippen LogP contribution in [-0.4, -0.2) is 30.3 Å². The third-order valence-electron chi connectivity index (χ3n) is 3.18. The highest BCUT2D eigenvalue weighted by Gasteiger charge is 2.25. The molecule has 0 spiro atoms. The van der Waals surface area contributed by atoms with Crippen molar-refractivity contribution in [1.82, 2.24) is 0 Å². The molecule has 5 nitrogen and oxygen atoms in total. The molecule has 2 aromatic carbocycles. The van der Waals surface area contributed by atoms with E-state index >= 15 is 0 Å². The number of carboxylic acid groups (broad SMARTS) is 1. The summed E-state index contributed by atoms with van der Waals surface area (Å²) in [4.78, 5) is 24.4. The molecule has 2 aromatic rings. The fraction of sp³-hybridized carbons (Fsp3) is 0.143. The van der Waals surface area contributed by atoms with E-state index in [4.69, 9.17) is 4.74 Å². The van der Waals surface area contributed by atoms with Crippen molar-refractivity contribution < 1.29 is 19.4 Å². The second kappa shape index (κ2) is 4.28. The normalized spacial score (nSPS) is 14.7. The van der Waals surface area contributed by atoms with Crippen LogP contribution in [-0.2, 0) is 4.74 Å². The summed E-state index contributed by atoms with van der Waals surface area (Å²) in [5.74, 6) is -0.980. The summed E-state index contributed by atoms with van der Waals surface area (Å²) in [6.07, 6.45) is -0.395. The molecule has 1 N–H and O–H groups in total. The fourth-order valence-corrected chi connectivity index (χ4v) is 2.32. The van der Waals surface area contributed by atoms with Gasteiger partial charge in [0.2, 0.25) is 0 Å². The smallest absolute Gasteiger partial charge is 0.414 e. The number of amides is 1. The molecule has 1 amide bonds. The number of carbonyl (C=O) groups excluding carboxylic acids is 1. The van der Waals surface area contributed by atoms with Gasteiger partial charge in [-0.05, 0) is 17.5 Å². The Labute approximate surface area is 109 Å². The van der Waals surface area contributed by atoms with E-state index in [1.807, 2.05) is 12.1 Å². The second-order valence-electron chi connectivity index (χ2n) is 4.25. The van der Waals surface area contributed by atoms with E-state index in [-0.39, 0.29) is 5.56 Å². The Morgan fingerprint density at radius 2 is 1.89 bits per heavy atom. The van der Waals surface area contributed by atoms with Crippen molar-refractivity contribution in [3.63, 3.8) is 0 Å². The summed E-state index contributed by atoms with van der Waals surface area (Å²) in [5.41, 5.74) is 0.912. The molecule has 19 heavy (non-hydrogen) atoms. The van der Waals surface area contributed by atoms with Gasteiger partial charge in [-0.15, -0.1) is 0 Å². The number of aromatic carboxylic acids is 1. The lowest BCUT2D eigenvalue weighted by Crippen LogP contribution is -2.23. The van der Waals surface area contributed by atoms with E-state index in [1.165, 1.54) is 11.0 Å². The Morgan fingerprint density at radius 3 is 2.53 bits per heavy atom. The maximum absolute atomic E-state index is 11.6. The first-order valence-electron chi connectivity index (χ1n) is 5.88. The van der Waals surface area contributed by atoms with Crippen LogP contribution in [0.3, 0.4) is 0 Å². The summed E-state index contributed by atoms with van der Waals surface area (Å²) in [6.45, 7) is 0.836. The van der Waals surface area contributed by atoms with Gasteiger partial charge in [0.15, 0.2) is 0 Å². The standard InChI is InChI=1S/C14H11NO4/c16-13(17)11-5-6-12(15-7-8-19-14(15)18)10-4-2-1-3-9(10)11/h1-6H,7-8H2,(H,16,17). The maximum atomic E-state index is 11.6. The van der Waals surface area contributed by atoms with Crippen LogP contribution in [0.5, 0.6) is 0 Å². The van der Waals surface area contributed by atoms with Crippen LogP contribution >= 0.6 is 0 Å². The van der Waals surface area contributed by atoms with Crippen molar-refractivity contribution in [3.8, 4) is 0 Å². The van der Waals surface area contributed by atoms with Crippen LogP contribution in [0.15, 0.2) is 36.4 Å². The number of benzene rings is 2. The van der Waals surface area contributed by atoms with Gasteiger partial charge in [0.05, 0.1) is 17.8 Å². The zero-order valence-electron chi connectivity index (χ0n) is 10.00. The van der Waals surface area contributed by atoms with E-state index in [9.17, 15) is 14.7 Å². The average molecular weight is 257 g/mol. The summed E-state index contributed by atoms with van der Waals surface area (Å²) >= 11 is 0. The van der Waals surface area contributed by atoms with Gasteiger partial charge >= 0.3 is 12.1 Å². The zero-order chi connectivity index (χ0) is 13.4. The predicted molar refractivity (Wildman–Crippen MR) is 69.6 cm³/mol. The van der Waals surface area contributed by atoms with Gasteiger partial charge in [-0.1, -0.05) is 24.3 Å². The van der Waals surface area contributed by atoms with Crippen molar-refractivity contribution in [3.05, 3.63) is 42.0 Å². The average Bonchev–Trinajstić information content (AvgIpc) is 2.83. The van der Waals surface area contributed by atoms with Crippen LogP contribution in [0.1, 0.15) is 10.4 Å². The highest BCUT2D eigenvalue weighted by atomic mass is 16.6. The number of hydrogen-bond donors (Lipinski definition) is 1. The molecular formula is C14H11NO4. The summed E-state index contributed by atoms with van der Waals surface area (Å²) in [6, 6.07) is 10.3. The summed E-state index contributed by atoms with van der Waals surface area (Å²) < 4.78 is 4.92. The van der Waals surface area contributed by atoms with E-state index in [0.717, 1.165) is 5.39 Å². The topological polar surface area (TPSA) is 66.8 Å². The molecule has 1 aliphatic heterocycles. The molecule has 1 heterocycles. The minimum atomic E-state index is -0.980. The molecular weight excluding hydrogens is 246 g/mol. The van der Waals surface area contributed by atoms with Gasteiger partial charge in [0.1, 0.15) is 6.61 Å². The fourth-order valence-electron chi connectivity index (χ4n) is 2.32. The monoisotopic (exact) mass is 257 g/mol. The Kier molecular flexibility index (Phi) is 2.59. The minimum Gasteiger partial charge on any atom is -0.478 e. The van der Waals surface area contributed by atoms with Gasteiger partial charge in [-0.2, -0.15) is 0 Å². The highest BCUT2D eigenvalue weighted by Crippen LogP contribution is 2.31. The van der Waals surface area contributed by atoms with Gasteiger partial charge in [0, 0.05) is 5.39 Å². The number of cyclic esters (lactones) is 1. The number of hydrogen-bond acceptors (Lipinski definition) is 3. The van der Waals surface area contributed by atoms with Crippen molar-refractivity contribution in [2.45, 2.75) is 0 Å². The molecule has 0 radical (unpaired) electrons. The molecule has 1 fully saturated rings. The Hall–Kier alpha value is -2.56. The highest BCUT2D eigenvalue weighted by molar-refractivity contribution is 6.10. The van der Waals surface area contributed by atoms with Crippen molar-refractivity contribution in [1.29, 1.82) is 0 Å². The summed E-state index contributed by atoms with van der Waals surface area (Å²) in [7, 11) is 0. The number of nitrogens with zero attached hydrogens (tertiary/aromatic N) is 1. The molecule has 96 valence electrons. The quantitative estimate of drug-likeness (QED) is 0.897. The van der Waals surface area contributed by atoms with Gasteiger partial charge in [-0.3, -0.25) is 4.90 Å². The summed E-state index contributed by atoms with van der Waals surface area (Å²) in [5, 5.41) is 10.5. The Bertz CT molecular complexity index is 680. The number of carbonyl (C=O) groups is 2. The third-order valence-corrected chi connectivity index (χ3v) is 3.18. The SMILES string of the molecule is O=C(O)c1ccc(N2CCOC2=O)c2ccccc12. The molecule has 0 aromatic heterocycles. The number of anilines is 1. The van der Waals surface area contributed by atoms with E-state index in [0.29, 0.717) is 24.2 Å². The van der Waals surface area contributed by atoms with Crippen LogP contribution in [0.25, 0.3) is 10.8 Å². The number of carboxylic acids is 1. The van der Waals surface area contributed by atoms with Crippen molar-refractivity contribution in [2.75, 3.05) is 18.1 Å². The lowest BCUT2D eigenvalue weighted by molar-refractivity contribution is 0.0699. The molecule has 0 aliphatic carbocycles. The number of rotatable bonds is 2. The lowest BCUT2D eigenvalue weighted by atomic mass is 10.0. The minimum absolute atomic E-state index is 0.229. The molecule has 0 bridgehead atoms. The number of ether oxygens (including phenoxy) is 1. The molecule has 0 unspecified atom stereocenters. The van der Waals surface area contributed by atoms with Crippen LogP contribution in [0.2, 0.25) is 0 Å². The second-order valence-corrected chi connectivity index (χ2v) is 4.25. The van der Waals surface area contributed by atoms with Gasteiger partial charge < -0.3 is 9.84 Å². The predicted octanol–water partition coefficient (Wildman–Crippen LogP) is 2.49. The lowest BCUT2D eigenvalue weighted by Gasteiger charge is -2.16. The molecule has 0 saturated carbocycles. The van der Waals surface area contributed by atoms with Crippen LogP contribution in [0, 0.1) is 0 Å². The van der Waals surface area contributed by atoms with E-state index in [1.54, 1.807) is 18.2 Å². The molecule has 5 heteroatoms. The molecule has 1 saturated heterocycles. The van der Waals surface area contributed by atoms with Gasteiger partial charge in [0.25, 0.3) is 0 Å². The van der Waals surface area contributed by atoms with Crippen LogP contribution in [0.4, 0.5) is 10.5 Å². The van der Waals surface area contributed by atoms with Crippen LogP contribution < -0.4 is 4.90 Å². The molecule has 3 rings (SSSR count). The largest absolute Gasteiger partial charge is 0.478 e. The number of fused-ring (bicyclic) bond motifs is 1.